The fraction of sp³-hybridized carbons (Fsp3) is 0.636. The Labute approximate surface area is 614 Å². The van der Waals surface area contributed by atoms with E-state index in [-0.39, 0.29) is 43.9 Å². The van der Waals surface area contributed by atoms with Crippen LogP contribution in [0.25, 0.3) is 10.9 Å². The lowest BCUT2D eigenvalue weighted by Crippen LogP contribution is -2.62. The number of thiol groups is 2. The molecule has 0 bridgehead atoms. The number of aliphatic carboxylic acids is 1. The van der Waals surface area contributed by atoms with Gasteiger partial charge < -0.3 is 106 Å². The van der Waals surface area contributed by atoms with Gasteiger partial charge in [0.25, 0.3) is 0 Å². The van der Waals surface area contributed by atoms with Crippen LogP contribution in [0.15, 0.2) is 30.5 Å². The summed E-state index contributed by atoms with van der Waals surface area (Å²) in [6, 6.07) is -7.48. The summed E-state index contributed by atoms with van der Waals surface area (Å²) in [6.45, 7) is 12.0. The molecule has 0 spiro atoms. The van der Waals surface area contributed by atoms with Gasteiger partial charge in [-0.15, -0.1) is 0 Å². The molecule has 13 atom stereocenters. The molecule has 0 radical (unpaired) electrons. The van der Waals surface area contributed by atoms with Crippen molar-refractivity contribution < 1.29 is 86.9 Å². The third kappa shape index (κ3) is 29.2. The fourth-order valence-corrected chi connectivity index (χ4v) is 11.4. The van der Waals surface area contributed by atoms with E-state index in [4.69, 9.17) is 17.2 Å². The number of amides is 15. The second-order valence-corrected chi connectivity index (χ2v) is 27.3. The number of hydrogen-bond acceptors (Lipinski definition) is 21. The number of primary amides is 1. The number of hydrogen-bond donors (Lipinski definition) is 21. The number of carbonyl (C=O) groups is 16. The van der Waals surface area contributed by atoms with Gasteiger partial charge in [0, 0.05) is 35.2 Å². The lowest BCUT2D eigenvalue weighted by atomic mass is 9.97. The highest BCUT2D eigenvalue weighted by molar-refractivity contribution is 7.80. The SMILES string of the molecule is CC[C@H](C)[C@H](NC(=O)[C@H](CS)NC(=O)CNC(=O)[C@@H](NC(=O)[C@H](CC(N)=O)NC(=O)[C@@H](NC(=O)[C@H](CS)NC(=O)[C@@H](NC(=O)CNC(=O)CNC(=O)[C@H](CC(C)C)NC(=O)CNC(=O)[C@@H](N)Cc1c[nH]c2ccccc12)[C@@H](C)O)C(C)C)C(C)C)C(=O)N1CCC[C@H]1C(=O)N[C@@H](CCCCN)C(=O)O. The van der Waals surface area contributed by atoms with Gasteiger partial charge >= 0.3 is 5.97 Å². The van der Waals surface area contributed by atoms with Gasteiger partial charge in [-0.05, 0) is 93.7 Å². The second kappa shape index (κ2) is 44.5. The first-order chi connectivity index (χ1) is 49.0. The maximum Gasteiger partial charge on any atom is 0.326 e. The Bertz CT molecular complexity index is 3340. The van der Waals surface area contributed by atoms with Crippen molar-refractivity contribution >= 4 is 131 Å². The number of aliphatic hydroxyl groups excluding tert-OH is 1. The van der Waals surface area contributed by atoms with Gasteiger partial charge in [-0.3, -0.25) is 71.9 Å². The van der Waals surface area contributed by atoms with Crippen LogP contribution in [-0.2, 0) is 83.1 Å². The van der Waals surface area contributed by atoms with Crippen molar-refractivity contribution in [1.29, 1.82) is 0 Å². The summed E-state index contributed by atoms with van der Waals surface area (Å²) in [6.07, 6.45) is 1.80. The van der Waals surface area contributed by atoms with Gasteiger partial charge in [-0.25, -0.2) is 4.79 Å². The van der Waals surface area contributed by atoms with Crippen molar-refractivity contribution in [3.63, 3.8) is 0 Å². The largest absolute Gasteiger partial charge is 0.480 e. The van der Waals surface area contributed by atoms with Gasteiger partial charge in [-0.1, -0.05) is 80.0 Å². The van der Waals surface area contributed by atoms with E-state index in [0.29, 0.717) is 32.2 Å². The molecule has 1 fully saturated rings. The highest BCUT2D eigenvalue weighted by atomic mass is 32.1. The molecule has 2 heterocycles. The van der Waals surface area contributed by atoms with Crippen molar-refractivity contribution in [3.05, 3.63) is 36.0 Å². The normalized spacial score (nSPS) is 16.2. The predicted molar refractivity (Wildman–Crippen MR) is 386 cm³/mol. The Morgan fingerprint density at radius 1 is 0.577 bits per heavy atom. The molecule has 22 N–H and O–H groups in total. The molecule has 1 aliphatic rings. The highest BCUT2D eigenvalue weighted by Gasteiger charge is 2.42. The number of unbranched alkanes of at least 4 members (excludes halogenated alkanes) is 1. The predicted octanol–water partition coefficient (Wildman–Crippen LogP) is -5.41. The van der Waals surface area contributed by atoms with Crippen molar-refractivity contribution in [2.75, 3.05) is 50.8 Å². The van der Waals surface area contributed by atoms with E-state index >= 15 is 0 Å². The number of para-hydroxylation sites is 1. The average molecular weight is 1500 g/mol. The van der Waals surface area contributed by atoms with Crippen LogP contribution in [0.2, 0.25) is 0 Å². The molecule has 0 unspecified atom stereocenters. The second-order valence-electron chi connectivity index (χ2n) is 26.6. The molecule has 15 amide bonds. The number of carboxylic acid groups (broad SMARTS) is 1. The minimum absolute atomic E-state index is 0.121. The van der Waals surface area contributed by atoms with Crippen molar-refractivity contribution in [3.8, 4) is 0 Å². The number of fused-ring (bicyclic) bond motifs is 1. The van der Waals surface area contributed by atoms with Crippen molar-refractivity contribution in [2.24, 2.45) is 40.9 Å². The summed E-state index contributed by atoms with van der Waals surface area (Å²) in [5.74, 6) is -17.3. The Balaban J connectivity index is 1.57. The first-order valence-corrected chi connectivity index (χ1v) is 35.8. The molecule has 38 heteroatoms. The van der Waals surface area contributed by atoms with Gasteiger partial charge in [0.05, 0.1) is 44.7 Å². The molecule has 104 heavy (non-hydrogen) atoms. The number of aromatic amines is 1. The van der Waals surface area contributed by atoms with E-state index < -0.39 is 223 Å². The lowest BCUT2D eigenvalue weighted by Gasteiger charge is -2.32. The molecule has 1 aliphatic heterocycles. The summed E-state index contributed by atoms with van der Waals surface area (Å²) < 4.78 is 0. The van der Waals surface area contributed by atoms with Crippen molar-refractivity contribution in [1.82, 2.24) is 79.0 Å². The van der Waals surface area contributed by atoms with Crippen LogP contribution in [0.5, 0.6) is 0 Å². The van der Waals surface area contributed by atoms with Crippen LogP contribution in [0.4, 0.5) is 0 Å². The minimum atomic E-state index is -1.77. The Kier molecular flexibility index (Phi) is 38.1. The number of H-pyrrole nitrogens is 1. The number of carbonyl (C=O) groups excluding carboxylic acids is 15. The number of nitrogens with two attached hydrogens (primary N) is 3. The monoisotopic (exact) mass is 1500 g/mol. The van der Waals surface area contributed by atoms with Crippen LogP contribution in [0.1, 0.15) is 119 Å². The number of rotatable bonds is 45. The van der Waals surface area contributed by atoms with E-state index in [1.54, 1.807) is 33.9 Å². The molecular formula is C66H106N18O18S2. The summed E-state index contributed by atoms with van der Waals surface area (Å²) in [5, 5.41) is 52.7. The molecule has 1 aromatic heterocycles. The highest BCUT2D eigenvalue weighted by Crippen LogP contribution is 2.23. The molecule has 3 rings (SSSR count). The van der Waals surface area contributed by atoms with Crippen LogP contribution in [0, 0.1) is 23.7 Å². The number of benzene rings is 1. The Morgan fingerprint density at radius 3 is 1.64 bits per heavy atom. The molecule has 2 aromatic rings. The quantitative estimate of drug-likeness (QED) is 0.0217. The Morgan fingerprint density at radius 2 is 1.09 bits per heavy atom. The van der Waals surface area contributed by atoms with E-state index in [1.165, 1.54) is 32.6 Å². The zero-order valence-electron chi connectivity index (χ0n) is 60.1. The molecule has 0 aliphatic carbocycles. The van der Waals surface area contributed by atoms with E-state index in [1.807, 2.05) is 24.3 Å². The van der Waals surface area contributed by atoms with Crippen LogP contribution in [0.3, 0.4) is 0 Å². The maximum atomic E-state index is 14.1. The standard InChI is InChI=1S/C66H106N18O18S2/c1-10-35(8)54(65(100)84-21-15-19-46(84)61(96)77-41(66(101)102)18-13-14-20-67)83-59(94)44(30-103)76-50(89)29-74-62(97)52(33(4)5)81-58(93)43(24-47(69)86)78-63(98)53(34(6)7)82-60(95)45(31-104)79-64(99)55(36(9)85)80-51(90)27-71-48(87)26-73-57(92)42(22-32(2)3)75-49(88)28-72-56(91)39(68)23-37-25-70-40-17-12-11-16-38(37)40/h11-12,16-17,25,32-36,39,41-46,52-55,70,85,103-104H,10,13-15,18-24,26-31,67-68H2,1-9H3,(H2,69,86)(H,71,87)(H,72,91)(H,73,92)(H,74,97)(H,75,88)(H,76,89)(H,77,96)(H,78,98)(H,79,99)(H,80,90)(H,81,93)(H,82,95)(H,83,94)(H,101,102)/t35-,36+,39-,41-,42-,43-,44-,45-,46-,52-,53-,54-,55-/m0/s1. The van der Waals surface area contributed by atoms with E-state index in [0.717, 1.165) is 23.4 Å². The molecule has 36 nitrogen and oxygen atoms in total. The van der Waals surface area contributed by atoms with Crippen molar-refractivity contribution in [2.45, 2.75) is 193 Å². The van der Waals surface area contributed by atoms with Crippen LogP contribution >= 0.6 is 25.3 Å². The summed E-state index contributed by atoms with van der Waals surface area (Å²) in [5.41, 5.74) is 18.8. The maximum absolute atomic E-state index is 14.1. The van der Waals surface area contributed by atoms with Gasteiger partial charge in [0.2, 0.25) is 88.6 Å². The number of likely N-dealkylation sites (tertiary alicyclic amines) is 1. The number of nitrogens with zero attached hydrogens (tertiary/aromatic N) is 1. The molecule has 0 saturated carbocycles. The topological polar surface area (TPSA) is 567 Å². The van der Waals surface area contributed by atoms with Crippen LogP contribution in [-0.4, -0.2) is 238 Å². The third-order valence-corrected chi connectivity index (χ3v) is 17.7. The van der Waals surface area contributed by atoms with Gasteiger partial charge in [0.15, 0.2) is 0 Å². The zero-order chi connectivity index (χ0) is 78.2. The fourth-order valence-electron chi connectivity index (χ4n) is 10.9. The zero-order valence-corrected chi connectivity index (χ0v) is 61.9. The lowest BCUT2D eigenvalue weighted by molar-refractivity contribution is -0.145. The third-order valence-electron chi connectivity index (χ3n) is 17.0. The van der Waals surface area contributed by atoms with E-state index in [2.05, 4.69) is 99.4 Å². The first kappa shape index (κ1) is 89.1. The molecule has 1 aromatic carbocycles. The van der Waals surface area contributed by atoms with Gasteiger partial charge in [0.1, 0.15) is 60.4 Å². The number of nitrogens with one attached hydrogen (secondary N) is 14. The molecule has 1 saturated heterocycles. The number of carboxylic acids is 1. The average Bonchev–Trinajstić information content (AvgIpc) is 1.62. The Hall–Kier alpha value is -9.14. The van der Waals surface area contributed by atoms with E-state index in [9.17, 15) is 86.9 Å². The summed E-state index contributed by atoms with van der Waals surface area (Å²) in [7, 11) is 0. The summed E-state index contributed by atoms with van der Waals surface area (Å²) >= 11 is 8.40. The number of aliphatic hydroxyl groups is 1. The molecule has 580 valence electrons. The summed E-state index contributed by atoms with van der Waals surface area (Å²) in [4.78, 5) is 217. The van der Waals surface area contributed by atoms with Gasteiger partial charge in [-0.2, -0.15) is 25.3 Å². The smallest absolute Gasteiger partial charge is 0.326 e. The minimum Gasteiger partial charge on any atom is -0.480 e. The first-order valence-electron chi connectivity index (χ1n) is 34.5. The molecular weight excluding hydrogens is 1400 g/mol. The van der Waals surface area contributed by atoms with Crippen LogP contribution < -0.4 is 86.3 Å². The number of aromatic nitrogens is 1.